The van der Waals surface area contributed by atoms with Crippen LogP contribution in [0.4, 0.5) is 0 Å². The van der Waals surface area contributed by atoms with Crippen molar-refractivity contribution >= 4 is 16.0 Å². The van der Waals surface area contributed by atoms with E-state index in [0.717, 1.165) is 11.1 Å². The van der Waals surface area contributed by atoms with Crippen LogP contribution in [0, 0.1) is 0 Å². The number of carboxylic acids is 1. The van der Waals surface area contributed by atoms with Crippen LogP contribution in [0.2, 0.25) is 0 Å². The van der Waals surface area contributed by atoms with Gasteiger partial charge in [0.05, 0.1) is 0 Å². The Hall–Kier alpha value is -2.25. The van der Waals surface area contributed by atoms with Crippen LogP contribution in [-0.2, 0) is 22.9 Å². The zero-order valence-electron chi connectivity index (χ0n) is 12.5. The summed E-state index contributed by atoms with van der Waals surface area (Å²) >= 11 is 0. The van der Waals surface area contributed by atoms with E-state index in [-0.39, 0.29) is 10.9 Å². The molecule has 0 amide bonds. The van der Waals surface area contributed by atoms with E-state index in [2.05, 4.69) is 4.98 Å². The molecule has 0 radical (unpaired) electrons. The van der Waals surface area contributed by atoms with E-state index in [1.165, 1.54) is 29.7 Å². The number of fused-ring (bicyclic) bond motifs is 1. The number of pyridine rings is 1. The van der Waals surface area contributed by atoms with Gasteiger partial charge < -0.3 is 5.11 Å². The van der Waals surface area contributed by atoms with Crippen molar-refractivity contribution in [2.24, 2.45) is 0 Å². The summed E-state index contributed by atoms with van der Waals surface area (Å²) in [4.78, 5) is 14.7. The molecule has 0 atom stereocenters. The molecule has 6 nitrogen and oxygen atoms in total. The first-order valence-corrected chi connectivity index (χ1v) is 8.58. The van der Waals surface area contributed by atoms with Crippen molar-refractivity contribution in [2.75, 3.05) is 7.05 Å². The molecule has 2 aromatic rings. The smallest absolute Gasteiger partial charge is 0.355 e. The molecule has 0 aliphatic heterocycles. The first-order valence-electron chi connectivity index (χ1n) is 7.14. The standard InChI is InChI=1S/C16H16N2O4S/c1-18(13-9-11-5-2-3-6-12(11)10-13)23(21,22)14-7-4-8-17-15(14)16(19)20/h2-8,13H,9-10H2,1H3,(H,19,20). The predicted molar refractivity (Wildman–Crippen MR) is 83.8 cm³/mol. The molecule has 1 N–H and O–H groups in total. The largest absolute Gasteiger partial charge is 0.476 e. The van der Waals surface area contributed by atoms with Gasteiger partial charge in [-0.1, -0.05) is 24.3 Å². The Bertz CT molecular complexity index is 839. The molecule has 0 spiro atoms. The van der Waals surface area contributed by atoms with Gasteiger partial charge in [0.25, 0.3) is 0 Å². The van der Waals surface area contributed by atoms with Crippen molar-refractivity contribution in [3.8, 4) is 0 Å². The van der Waals surface area contributed by atoms with Crippen LogP contribution in [0.15, 0.2) is 47.5 Å². The number of rotatable bonds is 4. The van der Waals surface area contributed by atoms with Gasteiger partial charge in [-0.15, -0.1) is 0 Å². The molecule has 1 aliphatic rings. The minimum absolute atomic E-state index is 0.223. The van der Waals surface area contributed by atoms with Crippen LogP contribution in [0.1, 0.15) is 21.6 Å². The number of aromatic carboxylic acids is 1. The number of aromatic nitrogens is 1. The first-order chi connectivity index (χ1) is 10.9. The van der Waals surface area contributed by atoms with E-state index in [4.69, 9.17) is 0 Å². The third-order valence-electron chi connectivity index (χ3n) is 4.17. The van der Waals surface area contributed by atoms with E-state index in [1.54, 1.807) is 0 Å². The summed E-state index contributed by atoms with van der Waals surface area (Å²) in [5, 5.41) is 9.17. The van der Waals surface area contributed by atoms with Gasteiger partial charge in [0.15, 0.2) is 5.69 Å². The fourth-order valence-corrected chi connectivity index (χ4v) is 4.39. The highest BCUT2D eigenvalue weighted by atomic mass is 32.2. The quantitative estimate of drug-likeness (QED) is 0.918. The van der Waals surface area contributed by atoms with Gasteiger partial charge in [-0.2, -0.15) is 4.31 Å². The van der Waals surface area contributed by atoms with E-state index in [9.17, 15) is 18.3 Å². The third-order valence-corrected chi connectivity index (χ3v) is 6.12. The highest BCUT2D eigenvalue weighted by Crippen LogP contribution is 2.28. The van der Waals surface area contributed by atoms with E-state index in [1.807, 2.05) is 24.3 Å². The fourth-order valence-electron chi connectivity index (χ4n) is 2.90. The maximum absolute atomic E-state index is 12.8. The molecular formula is C16H16N2O4S. The van der Waals surface area contributed by atoms with Crippen LogP contribution in [0.25, 0.3) is 0 Å². The van der Waals surface area contributed by atoms with E-state index >= 15 is 0 Å². The molecule has 1 aliphatic carbocycles. The highest BCUT2D eigenvalue weighted by Gasteiger charge is 2.34. The lowest BCUT2D eigenvalue weighted by Gasteiger charge is -2.24. The number of sulfonamides is 1. The Labute approximate surface area is 134 Å². The number of benzene rings is 1. The van der Waals surface area contributed by atoms with E-state index in [0.29, 0.717) is 12.8 Å². The Kier molecular flexibility index (Phi) is 3.91. The SMILES string of the molecule is CN(C1Cc2ccccc2C1)S(=O)(=O)c1cccnc1C(=O)O. The lowest BCUT2D eigenvalue weighted by atomic mass is 10.1. The molecule has 23 heavy (non-hydrogen) atoms. The van der Waals surface area contributed by atoms with Crippen LogP contribution < -0.4 is 0 Å². The topological polar surface area (TPSA) is 87.6 Å². The lowest BCUT2D eigenvalue weighted by Crippen LogP contribution is -2.38. The van der Waals surface area contributed by atoms with Crippen molar-refractivity contribution < 1.29 is 18.3 Å². The summed E-state index contributed by atoms with van der Waals surface area (Å²) in [6, 6.07) is 10.3. The summed E-state index contributed by atoms with van der Waals surface area (Å²) in [5.41, 5.74) is 1.81. The number of carbonyl (C=O) groups is 1. The Morgan fingerprint density at radius 3 is 2.35 bits per heavy atom. The van der Waals surface area contributed by atoms with Crippen LogP contribution in [-0.4, -0.2) is 41.9 Å². The number of carboxylic acid groups (broad SMARTS) is 1. The molecule has 0 saturated carbocycles. The van der Waals surface area contributed by atoms with Crippen molar-refractivity contribution in [3.63, 3.8) is 0 Å². The molecule has 7 heteroatoms. The van der Waals surface area contributed by atoms with Crippen molar-refractivity contribution in [1.29, 1.82) is 0 Å². The van der Waals surface area contributed by atoms with Gasteiger partial charge in [0.2, 0.25) is 10.0 Å². The molecule has 0 fully saturated rings. The summed E-state index contributed by atoms with van der Waals surface area (Å²) < 4.78 is 26.9. The minimum atomic E-state index is -3.93. The lowest BCUT2D eigenvalue weighted by molar-refractivity contribution is 0.0685. The molecule has 1 aromatic heterocycles. The second-order valence-corrected chi connectivity index (χ2v) is 7.47. The fraction of sp³-hybridized carbons (Fsp3) is 0.250. The highest BCUT2D eigenvalue weighted by molar-refractivity contribution is 7.89. The summed E-state index contributed by atoms with van der Waals surface area (Å²) in [5.74, 6) is -1.35. The van der Waals surface area contributed by atoms with Crippen molar-refractivity contribution in [3.05, 3.63) is 59.4 Å². The monoisotopic (exact) mass is 332 g/mol. The van der Waals surface area contributed by atoms with Crippen LogP contribution in [0.3, 0.4) is 0 Å². The molecule has 0 unspecified atom stereocenters. The number of likely N-dealkylation sites (N-methyl/N-ethyl adjacent to an activating group) is 1. The maximum Gasteiger partial charge on any atom is 0.355 e. The maximum atomic E-state index is 12.8. The minimum Gasteiger partial charge on any atom is -0.476 e. The van der Waals surface area contributed by atoms with Gasteiger partial charge in [-0.25, -0.2) is 18.2 Å². The van der Waals surface area contributed by atoms with Gasteiger partial charge in [-0.05, 0) is 36.1 Å². The molecule has 0 bridgehead atoms. The number of hydrogen-bond donors (Lipinski definition) is 1. The zero-order chi connectivity index (χ0) is 16.6. The Morgan fingerprint density at radius 1 is 1.17 bits per heavy atom. The third kappa shape index (κ3) is 2.73. The Morgan fingerprint density at radius 2 is 1.78 bits per heavy atom. The van der Waals surface area contributed by atoms with Gasteiger partial charge in [0, 0.05) is 19.3 Å². The van der Waals surface area contributed by atoms with Crippen molar-refractivity contribution in [2.45, 2.75) is 23.8 Å². The molecule has 0 saturated heterocycles. The summed E-state index contributed by atoms with van der Waals surface area (Å²) in [6.07, 6.45) is 2.51. The van der Waals surface area contributed by atoms with Crippen molar-refractivity contribution in [1.82, 2.24) is 9.29 Å². The number of hydrogen-bond acceptors (Lipinski definition) is 4. The summed E-state index contributed by atoms with van der Waals surface area (Å²) in [7, 11) is -2.44. The van der Waals surface area contributed by atoms with Crippen LogP contribution in [0.5, 0.6) is 0 Å². The first kappa shape index (κ1) is 15.6. The molecule has 1 aromatic carbocycles. The van der Waals surface area contributed by atoms with E-state index < -0.39 is 21.7 Å². The molecule has 1 heterocycles. The molecule has 3 rings (SSSR count). The predicted octanol–water partition coefficient (Wildman–Crippen LogP) is 1.57. The average Bonchev–Trinajstić information content (AvgIpc) is 2.97. The molecule has 120 valence electrons. The average molecular weight is 332 g/mol. The van der Waals surface area contributed by atoms with Crippen LogP contribution >= 0.6 is 0 Å². The van der Waals surface area contributed by atoms with Gasteiger partial charge in [-0.3, -0.25) is 0 Å². The second kappa shape index (κ2) is 5.75. The Balaban J connectivity index is 1.94. The zero-order valence-corrected chi connectivity index (χ0v) is 13.3. The normalized spacial score (nSPS) is 14.9. The molecular weight excluding hydrogens is 316 g/mol. The van der Waals surface area contributed by atoms with Gasteiger partial charge >= 0.3 is 5.97 Å². The summed E-state index contributed by atoms with van der Waals surface area (Å²) in [6.45, 7) is 0. The second-order valence-electron chi connectivity index (χ2n) is 5.51. The van der Waals surface area contributed by atoms with Gasteiger partial charge in [0.1, 0.15) is 4.90 Å². The number of nitrogens with zero attached hydrogens (tertiary/aromatic N) is 2.